The SMILES string of the molecule is O=C(O)CC1(NC(=O)c2cnn3c2CCCC3)CCC1. The molecule has 6 heteroatoms. The second kappa shape index (κ2) is 4.92. The molecule has 1 aromatic heterocycles. The number of hydrogen-bond donors (Lipinski definition) is 2. The Kier molecular flexibility index (Phi) is 3.23. The van der Waals surface area contributed by atoms with Crippen LogP contribution < -0.4 is 5.32 Å². The lowest BCUT2D eigenvalue weighted by Crippen LogP contribution is -2.54. The molecule has 3 rings (SSSR count). The summed E-state index contributed by atoms with van der Waals surface area (Å²) in [6, 6.07) is 0. The second-order valence-corrected chi connectivity index (χ2v) is 5.84. The summed E-state index contributed by atoms with van der Waals surface area (Å²) >= 11 is 0. The topological polar surface area (TPSA) is 84.2 Å². The van der Waals surface area contributed by atoms with Gasteiger partial charge in [0.15, 0.2) is 0 Å². The Morgan fingerprint density at radius 3 is 2.80 bits per heavy atom. The maximum atomic E-state index is 12.4. The van der Waals surface area contributed by atoms with Crippen molar-refractivity contribution in [2.75, 3.05) is 0 Å². The van der Waals surface area contributed by atoms with E-state index in [1.807, 2.05) is 4.68 Å². The average Bonchev–Trinajstić information content (AvgIpc) is 2.79. The molecule has 0 saturated heterocycles. The number of aromatic nitrogens is 2. The number of carbonyl (C=O) groups excluding carboxylic acids is 1. The third-order valence-corrected chi connectivity index (χ3v) is 4.41. The average molecular weight is 277 g/mol. The van der Waals surface area contributed by atoms with E-state index in [1.165, 1.54) is 0 Å². The molecule has 0 bridgehead atoms. The van der Waals surface area contributed by atoms with Crippen molar-refractivity contribution < 1.29 is 14.7 Å². The molecular weight excluding hydrogens is 258 g/mol. The Bertz CT molecular complexity index is 546. The van der Waals surface area contributed by atoms with Crippen molar-refractivity contribution in [3.05, 3.63) is 17.5 Å². The Morgan fingerprint density at radius 1 is 1.35 bits per heavy atom. The van der Waals surface area contributed by atoms with E-state index in [0.29, 0.717) is 5.56 Å². The number of nitrogens with one attached hydrogen (secondary N) is 1. The number of amides is 1. The van der Waals surface area contributed by atoms with Gasteiger partial charge in [-0.25, -0.2) is 0 Å². The van der Waals surface area contributed by atoms with Gasteiger partial charge >= 0.3 is 5.97 Å². The summed E-state index contributed by atoms with van der Waals surface area (Å²) in [5.74, 6) is -1.03. The number of carbonyl (C=O) groups is 2. The smallest absolute Gasteiger partial charge is 0.305 e. The molecule has 2 heterocycles. The van der Waals surface area contributed by atoms with E-state index >= 15 is 0 Å². The van der Waals surface area contributed by atoms with E-state index in [4.69, 9.17) is 5.11 Å². The van der Waals surface area contributed by atoms with Crippen LogP contribution in [-0.4, -0.2) is 32.3 Å². The summed E-state index contributed by atoms with van der Waals surface area (Å²) in [5.41, 5.74) is 1.05. The number of aryl methyl sites for hydroxylation is 1. The maximum absolute atomic E-state index is 12.4. The van der Waals surface area contributed by atoms with Gasteiger partial charge < -0.3 is 10.4 Å². The molecule has 0 unspecified atom stereocenters. The van der Waals surface area contributed by atoms with Crippen molar-refractivity contribution in [3.8, 4) is 0 Å². The van der Waals surface area contributed by atoms with Crippen LogP contribution in [0.2, 0.25) is 0 Å². The van der Waals surface area contributed by atoms with Gasteiger partial charge in [-0.3, -0.25) is 14.3 Å². The Hall–Kier alpha value is -1.85. The first-order chi connectivity index (χ1) is 9.60. The minimum Gasteiger partial charge on any atom is -0.481 e. The lowest BCUT2D eigenvalue weighted by atomic mass is 9.74. The van der Waals surface area contributed by atoms with Crippen molar-refractivity contribution in [2.45, 2.75) is 57.0 Å². The minimum atomic E-state index is -0.859. The quantitative estimate of drug-likeness (QED) is 0.870. The summed E-state index contributed by atoms with van der Waals surface area (Å²) in [6.45, 7) is 0.864. The molecule has 6 nitrogen and oxygen atoms in total. The highest BCUT2D eigenvalue weighted by molar-refractivity contribution is 5.96. The van der Waals surface area contributed by atoms with Gasteiger partial charge in [0, 0.05) is 6.54 Å². The number of fused-ring (bicyclic) bond motifs is 1. The highest BCUT2D eigenvalue weighted by atomic mass is 16.4. The Balaban J connectivity index is 1.76. The molecular formula is C14H19N3O3. The molecule has 0 aromatic carbocycles. The number of aliphatic carboxylic acids is 1. The van der Waals surface area contributed by atoms with Gasteiger partial charge in [-0.15, -0.1) is 0 Å². The number of rotatable bonds is 4. The first kappa shape index (κ1) is 13.1. The zero-order chi connectivity index (χ0) is 14.2. The molecule has 1 aliphatic carbocycles. The molecule has 0 atom stereocenters. The van der Waals surface area contributed by atoms with Crippen molar-refractivity contribution in [1.82, 2.24) is 15.1 Å². The molecule has 1 aliphatic heterocycles. The first-order valence-electron chi connectivity index (χ1n) is 7.19. The van der Waals surface area contributed by atoms with Gasteiger partial charge in [0.1, 0.15) is 0 Å². The number of carboxylic acids is 1. The van der Waals surface area contributed by atoms with Crippen LogP contribution in [0.15, 0.2) is 6.20 Å². The van der Waals surface area contributed by atoms with Crippen LogP contribution in [0.3, 0.4) is 0 Å². The highest BCUT2D eigenvalue weighted by Crippen LogP contribution is 2.35. The predicted molar refractivity (Wildman–Crippen MR) is 71.5 cm³/mol. The van der Waals surface area contributed by atoms with E-state index in [1.54, 1.807) is 6.20 Å². The molecule has 1 amide bonds. The molecule has 1 saturated carbocycles. The summed E-state index contributed by atoms with van der Waals surface area (Å²) < 4.78 is 1.89. The maximum Gasteiger partial charge on any atom is 0.305 e. The highest BCUT2D eigenvalue weighted by Gasteiger charge is 2.41. The number of carboxylic acid groups (broad SMARTS) is 1. The normalized spacial score (nSPS) is 19.8. The van der Waals surface area contributed by atoms with Gasteiger partial charge in [-0.05, 0) is 38.5 Å². The third-order valence-electron chi connectivity index (χ3n) is 4.41. The number of hydrogen-bond acceptors (Lipinski definition) is 3. The lowest BCUT2D eigenvalue weighted by Gasteiger charge is -2.41. The van der Waals surface area contributed by atoms with E-state index in [2.05, 4.69) is 10.4 Å². The Labute approximate surface area is 117 Å². The van der Waals surface area contributed by atoms with Crippen molar-refractivity contribution in [1.29, 1.82) is 0 Å². The summed E-state index contributed by atoms with van der Waals surface area (Å²) in [7, 11) is 0. The van der Waals surface area contributed by atoms with Crippen LogP contribution in [0.5, 0.6) is 0 Å². The van der Waals surface area contributed by atoms with Crippen LogP contribution in [0.1, 0.15) is 54.6 Å². The molecule has 2 N–H and O–H groups in total. The van der Waals surface area contributed by atoms with Gasteiger partial charge in [0.2, 0.25) is 0 Å². The standard InChI is InChI=1S/C14H19N3O3/c18-12(19)8-14(5-3-6-14)16-13(20)10-9-15-17-7-2-1-4-11(10)17/h9H,1-8H2,(H,16,20)(H,18,19). The minimum absolute atomic E-state index is 0.00219. The van der Waals surface area contributed by atoms with Crippen molar-refractivity contribution >= 4 is 11.9 Å². The van der Waals surface area contributed by atoms with Crippen molar-refractivity contribution in [3.63, 3.8) is 0 Å². The molecule has 1 aromatic rings. The molecule has 0 radical (unpaired) electrons. The van der Waals surface area contributed by atoms with E-state index in [-0.39, 0.29) is 12.3 Å². The molecule has 1 fully saturated rings. The molecule has 108 valence electrons. The third kappa shape index (κ3) is 2.30. The summed E-state index contributed by atoms with van der Waals surface area (Å²) in [5, 5.41) is 16.2. The fourth-order valence-corrected chi connectivity index (χ4v) is 3.16. The molecule has 0 spiro atoms. The van der Waals surface area contributed by atoms with Crippen LogP contribution in [0.4, 0.5) is 0 Å². The fraction of sp³-hybridized carbons (Fsp3) is 0.643. The lowest BCUT2D eigenvalue weighted by molar-refractivity contribution is -0.139. The number of nitrogens with zero attached hydrogens (tertiary/aromatic N) is 2. The first-order valence-corrected chi connectivity index (χ1v) is 7.19. The summed E-state index contributed by atoms with van der Waals surface area (Å²) in [6.07, 6.45) is 7.12. The summed E-state index contributed by atoms with van der Waals surface area (Å²) in [4.78, 5) is 23.4. The van der Waals surface area contributed by atoms with Crippen molar-refractivity contribution in [2.24, 2.45) is 0 Å². The monoisotopic (exact) mass is 277 g/mol. The predicted octanol–water partition coefficient (Wildman–Crippen LogP) is 1.35. The van der Waals surface area contributed by atoms with Gasteiger partial charge in [0.05, 0.1) is 29.4 Å². The van der Waals surface area contributed by atoms with E-state index < -0.39 is 11.5 Å². The fourth-order valence-electron chi connectivity index (χ4n) is 3.16. The van der Waals surface area contributed by atoms with Gasteiger partial charge in [-0.1, -0.05) is 0 Å². The van der Waals surface area contributed by atoms with Crippen LogP contribution >= 0.6 is 0 Å². The van der Waals surface area contributed by atoms with E-state index in [0.717, 1.165) is 50.8 Å². The zero-order valence-corrected chi connectivity index (χ0v) is 11.4. The van der Waals surface area contributed by atoms with Crippen LogP contribution in [0.25, 0.3) is 0 Å². The van der Waals surface area contributed by atoms with Gasteiger partial charge in [0.25, 0.3) is 5.91 Å². The second-order valence-electron chi connectivity index (χ2n) is 5.84. The zero-order valence-electron chi connectivity index (χ0n) is 11.4. The molecule has 20 heavy (non-hydrogen) atoms. The Morgan fingerprint density at radius 2 is 2.15 bits per heavy atom. The van der Waals surface area contributed by atoms with Crippen LogP contribution in [0, 0.1) is 0 Å². The van der Waals surface area contributed by atoms with Crippen LogP contribution in [-0.2, 0) is 17.8 Å². The molecule has 2 aliphatic rings. The van der Waals surface area contributed by atoms with Gasteiger partial charge in [-0.2, -0.15) is 5.10 Å². The van der Waals surface area contributed by atoms with E-state index in [9.17, 15) is 9.59 Å². The largest absolute Gasteiger partial charge is 0.481 e.